The van der Waals surface area contributed by atoms with Crippen molar-refractivity contribution in [3.05, 3.63) is 0 Å². The van der Waals surface area contributed by atoms with Crippen molar-refractivity contribution in [3.8, 4) is 0 Å². The second-order valence-corrected chi connectivity index (χ2v) is 5.95. The second-order valence-electron chi connectivity index (χ2n) is 5.95. The molecule has 4 nitrogen and oxygen atoms in total. The maximum Gasteiger partial charge on any atom is 0.0829 e. The molecule has 1 fully saturated rings. The van der Waals surface area contributed by atoms with E-state index >= 15 is 0 Å². The standard InChI is InChI=1S/C14H31N3O/c1-12(2)15-6-7-16(5)10-14-11-17(13(3)4)8-9-18-14/h12-15H,6-11H2,1-5H3. The number of nitrogens with zero attached hydrogens (tertiary/aromatic N) is 2. The maximum absolute atomic E-state index is 5.85. The monoisotopic (exact) mass is 257 g/mol. The molecular weight excluding hydrogens is 226 g/mol. The Morgan fingerprint density at radius 1 is 1.33 bits per heavy atom. The lowest BCUT2D eigenvalue weighted by atomic mass is 10.2. The molecule has 1 rings (SSSR count). The zero-order valence-corrected chi connectivity index (χ0v) is 12.8. The maximum atomic E-state index is 5.85. The summed E-state index contributed by atoms with van der Waals surface area (Å²) in [5, 5.41) is 3.45. The Hall–Kier alpha value is -0.160. The molecule has 0 saturated carbocycles. The average molecular weight is 257 g/mol. The number of hydrogen-bond acceptors (Lipinski definition) is 4. The van der Waals surface area contributed by atoms with Crippen molar-refractivity contribution in [2.24, 2.45) is 0 Å². The van der Waals surface area contributed by atoms with Gasteiger partial charge in [-0.15, -0.1) is 0 Å². The molecule has 0 amide bonds. The number of ether oxygens (including phenoxy) is 1. The minimum Gasteiger partial charge on any atom is -0.374 e. The molecule has 0 radical (unpaired) electrons. The van der Waals surface area contributed by atoms with Crippen LogP contribution in [0.5, 0.6) is 0 Å². The topological polar surface area (TPSA) is 27.7 Å². The Bertz CT molecular complexity index is 221. The lowest BCUT2D eigenvalue weighted by molar-refractivity contribution is -0.0493. The van der Waals surface area contributed by atoms with E-state index in [0.29, 0.717) is 18.2 Å². The molecule has 0 aromatic heterocycles. The highest BCUT2D eigenvalue weighted by Crippen LogP contribution is 2.09. The third-order valence-electron chi connectivity index (χ3n) is 3.46. The first kappa shape index (κ1) is 15.9. The average Bonchev–Trinajstić information content (AvgIpc) is 2.28. The highest BCUT2D eigenvalue weighted by Gasteiger charge is 2.22. The van der Waals surface area contributed by atoms with Gasteiger partial charge in [0.05, 0.1) is 12.7 Å². The molecule has 1 aliphatic heterocycles. The van der Waals surface area contributed by atoms with Gasteiger partial charge in [0.15, 0.2) is 0 Å². The fraction of sp³-hybridized carbons (Fsp3) is 1.00. The summed E-state index contributed by atoms with van der Waals surface area (Å²) in [6.45, 7) is 15.1. The quantitative estimate of drug-likeness (QED) is 0.737. The highest BCUT2D eigenvalue weighted by atomic mass is 16.5. The minimum absolute atomic E-state index is 0.366. The molecule has 1 atom stereocenters. The Labute approximate surface area is 113 Å². The van der Waals surface area contributed by atoms with Crippen molar-refractivity contribution in [2.75, 3.05) is 46.4 Å². The Balaban J connectivity index is 2.20. The number of hydrogen-bond donors (Lipinski definition) is 1. The van der Waals surface area contributed by atoms with Crippen LogP contribution >= 0.6 is 0 Å². The summed E-state index contributed by atoms with van der Waals surface area (Å²) in [4.78, 5) is 4.87. The van der Waals surface area contributed by atoms with Crippen molar-refractivity contribution in [1.29, 1.82) is 0 Å². The summed E-state index contributed by atoms with van der Waals surface area (Å²) in [7, 11) is 2.18. The van der Waals surface area contributed by atoms with Crippen LogP contribution in [-0.4, -0.2) is 74.4 Å². The van der Waals surface area contributed by atoms with Gasteiger partial charge < -0.3 is 15.0 Å². The van der Waals surface area contributed by atoms with Crippen molar-refractivity contribution in [2.45, 2.75) is 45.9 Å². The number of nitrogens with one attached hydrogen (secondary N) is 1. The van der Waals surface area contributed by atoms with E-state index in [4.69, 9.17) is 4.74 Å². The molecule has 1 N–H and O–H groups in total. The van der Waals surface area contributed by atoms with Gasteiger partial charge in [-0.3, -0.25) is 4.90 Å². The molecule has 0 aliphatic carbocycles. The Kier molecular flexibility index (Phi) is 7.15. The fourth-order valence-corrected chi connectivity index (χ4v) is 2.30. The van der Waals surface area contributed by atoms with Crippen LogP contribution in [0.3, 0.4) is 0 Å². The van der Waals surface area contributed by atoms with Gasteiger partial charge in [0.25, 0.3) is 0 Å². The van der Waals surface area contributed by atoms with Crippen LogP contribution in [0.15, 0.2) is 0 Å². The highest BCUT2D eigenvalue weighted by molar-refractivity contribution is 4.76. The van der Waals surface area contributed by atoms with Gasteiger partial charge in [-0.2, -0.15) is 0 Å². The summed E-state index contributed by atoms with van der Waals surface area (Å²) in [5.74, 6) is 0. The van der Waals surface area contributed by atoms with E-state index in [1.165, 1.54) is 0 Å². The number of rotatable bonds is 7. The zero-order chi connectivity index (χ0) is 13.5. The van der Waals surface area contributed by atoms with Crippen molar-refractivity contribution in [3.63, 3.8) is 0 Å². The van der Waals surface area contributed by atoms with E-state index in [9.17, 15) is 0 Å². The summed E-state index contributed by atoms with van der Waals surface area (Å²) >= 11 is 0. The molecule has 0 aromatic carbocycles. The molecule has 1 aliphatic rings. The molecule has 4 heteroatoms. The lowest BCUT2D eigenvalue weighted by Gasteiger charge is -2.37. The predicted molar refractivity (Wildman–Crippen MR) is 77.1 cm³/mol. The van der Waals surface area contributed by atoms with Gasteiger partial charge in [0.2, 0.25) is 0 Å². The van der Waals surface area contributed by atoms with Crippen LogP contribution in [0.1, 0.15) is 27.7 Å². The summed E-state index contributed by atoms with van der Waals surface area (Å²) < 4.78 is 5.85. The van der Waals surface area contributed by atoms with E-state index in [1.54, 1.807) is 0 Å². The molecule has 1 unspecified atom stereocenters. The third kappa shape index (κ3) is 6.14. The Morgan fingerprint density at radius 3 is 2.67 bits per heavy atom. The zero-order valence-electron chi connectivity index (χ0n) is 12.8. The first-order chi connectivity index (χ1) is 8.49. The van der Waals surface area contributed by atoms with Crippen LogP contribution in [-0.2, 0) is 4.74 Å². The molecular formula is C14H31N3O. The van der Waals surface area contributed by atoms with Crippen molar-refractivity contribution in [1.82, 2.24) is 15.1 Å². The van der Waals surface area contributed by atoms with Gasteiger partial charge in [-0.1, -0.05) is 13.8 Å². The van der Waals surface area contributed by atoms with E-state index < -0.39 is 0 Å². The first-order valence-electron chi connectivity index (χ1n) is 7.26. The van der Waals surface area contributed by atoms with E-state index in [-0.39, 0.29) is 0 Å². The van der Waals surface area contributed by atoms with Crippen molar-refractivity contribution >= 4 is 0 Å². The smallest absolute Gasteiger partial charge is 0.0829 e. The molecule has 0 spiro atoms. The van der Waals surface area contributed by atoms with E-state index in [1.807, 2.05) is 0 Å². The summed E-state index contributed by atoms with van der Waals surface area (Å²) in [6.07, 6.45) is 0.366. The molecule has 108 valence electrons. The van der Waals surface area contributed by atoms with Crippen LogP contribution < -0.4 is 5.32 Å². The molecule has 18 heavy (non-hydrogen) atoms. The van der Waals surface area contributed by atoms with E-state index in [0.717, 1.165) is 39.3 Å². The van der Waals surface area contributed by atoms with Crippen LogP contribution in [0, 0.1) is 0 Å². The minimum atomic E-state index is 0.366. The van der Waals surface area contributed by atoms with Crippen LogP contribution in [0.4, 0.5) is 0 Å². The van der Waals surface area contributed by atoms with Gasteiger partial charge in [-0.05, 0) is 20.9 Å². The third-order valence-corrected chi connectivity index (χ3v) is 3.46. The van der Waals surface area contributed by atoms with Gasteiger partial charge in [0.1, 0.15) is 0 Å². The fourth-order valence-electron chi connectivity index (χ4n) is 2.30. The first-order valence-corrected chi connectivity index (χ1v) is 7.26. The lowest BCUT2D eigenvalue weighted by Crippen LogP contribution is -2.49. The number of likely N-dealkylation sites (N-methyl/N-ethyl adjacent to an activating group) is 1. The predicted octanol–water partition coefficient (Wildman–Crippen LogP) is 1.03. The normalized spacial score (nSPS) is 22.3. The van der Waals surface area contributed by atoms with Crippen LogP contribution in [0.25, 0.3) is 0 Å². The summed E-state index contributed by atoms with van der Waals surface area (Å²) in [6, 6.07) is 1.20. The summed E-state index contributed by atoms with van der Waals surface area (Å²) in [5.41, 5.74) is 0. The number of morpholine rings is 1. The molecule has 1 heterocycles. The molecule has 1 saturated heterocycles. The van der Waals surface area contributed by atoms with Gasteiger partial charge >= 0.3 is 0 Å². The second kappa shape index (κ2) is 8.10. The van der Waals surface area contributed by atoms with E-state index in [2.05, 4.69) is 49.9 Å². The van der Waals surface area contributed by atoms with Crippen molar-refractivity contribution < 1.29 is 4.74 Å². The van der Waals surface area contributed by atoms with Gasteiger partial charge in [0, 0.05) is 44.8 Å². The molecule has 0 aromatic rings. The van der Waals surface area contributed by atoms with Gasteiger partial charge in [-0.25, -0.2) is 0 Å². The molecule has 0 bridgehead atoms. The Morgan fingerprint density at radius 2 is 2.06 bits per heavy atom. The van der Waals surface area contributed by atoms with Crippen LogP contribution in [0.2, 0.25) is 0 Å². The SMILES string of the molecule is CC(C)NCCN(C)CC1CN(C(C)C)CCO1. The largest absolute Gasteiger partial charge is 0.374 e.